The Morgan fingerprint density at radius 2 is 1.65 bits per heavy atom. The quantitative estimate of drug-likeness (QED) is 0.729. The first-order valence-corrected chi connectivity index (χ1v) is 8.62. The molecule has 0 fully saturated rings. The number of nitrogens with zero attached hydrogens (tertiary/aromatic N) is 1. The Morgan fingerprint density at radius 3 is 2.15 bits per heavy atom. The van der Waals surface area contributed by atoms with Crippen LogP contribution in [0.3, 0.4) is 0 Å². The third kappa shape index (κ3) is 7.32. The molecule has 1 aromatic carbocycles. The van der Waals surface area contributed by atoms with Crippen molar-refractivity contribution in [3.8, 4) is 0 Å². The van der Waals surface area contributed by atoms with Gasteiger partial charge in [-0.05, 0) is 51.6 Å². The van der Waals surface area contributed by atoms with E-state index in [-0.39, 0.29) is 5.54 Å². The lowest BCUT2D eigenvalue weighted by atomic mass is 10.1. The third-order valence-electron chi connectivity index (χ3n) is 3.32. The molecule has 2 nitrogen and oxygen atoms in total. The average molecular weight is 295 g/mol. The largest absolute Gasteiger partial charge is 0.308 e. The lowest BCUT2D eigenvalue weighted by Gasteiger charge is -2.20. The summed E-state index contributed by atoms with van der Waals surface area (Å²) in [6, 6.07) is 8.95. The SMILES string of the molecule is CCN(CC)CCSc1ccc(CNC(C)(C)C)cc1. The summed E-state index contributed by atoms with van der Waals surface area (Å²) in [7, 11) is 0. The Morgan fingerprint density at radius 1 is 1.05 bits per heavy atom. The second-order valence-electron chi connectivity index (χ2n) is 6.12. The summed E-state index contributed by atoms with van der Waals surface area (Å²) in [6.45, 7) is 15.5. The lowest BCUT2D eigenvalue weighted by molar-refractivity contribution is 0.324. The zero-order valence-electron chi connectivity index (χ0n) is 13.7. The first-order valence-electron chi connectivity index (χ1n) is 7.63. The zero-order chi connectivity index (χ0) is 15.0. The highest BCUT2D eigenvalue weighted by Crippen LogP contribution is 2.18. The van der Waals surface area contributed by atoms with Crippen LogP contribution >= 0.6 is 11.8 Å². The molecule has 20 heavy (non-hydrogen) atoms. The van der Waals surface area contributed by atoms with Gasteiger partial charge in [-0.3, -0.25) is 0 Å². The Kier molecular flexibility index (Phi) is 7.63. The normalized spacial score (nSPS) is 12.1. The number of hydrogen-bond donors (Lipinski definition) is 1. The van der Waals surface area contributed by atoms with Crippen LogP contribution < -0.4 is 5.32 Å². The maximum absolute atomic E-state index is 3.52. The molecule has 0 aromatic heterocycles. The Hall–Kier alpha value is -0.510. The third-order valence-corrected chi connectivity index (χ3v) is 4.31. The van der Waals surface area contributed by atoms with Crippen molar-refractivity contribution in [3.05, 3.63) is 29.8 Å². The van der Waals surface area contributed by atoms with Gasteiger partial charge in [0.15, 0.2) is 0 Å². The van der Waals surface area contributed by atoms with Crippen LogP contribution in [-0.4, -0.2) is 35.8 Å². The van der Waals surface area contributed by atoms with Gasteiger partial charge in [0.05, 0.1) is 0 Å². The van der Waals surface area contributed by atoms with Crippen molar-refractivity contribution in [2.45, 2.75) is 51.6 Å². The molecule has 0 aliphatic heterocycles. The molecule has 1 aromatic rings. The van der Waals surface area contributed by atoms with Crippen LogP contribution in [0.5, 0.6) is 0 Å². The molecule has 0 atom stereocenters. The molecule has 0 aliphatic carbocycles. The van der Waals surface area contributed by atoms with Gasteiger partial charge in [0.1, 0.15) is 0 Å². The van der Waals surface area contributed by atoms with E-state index in [1.54, 1.807) is 0 Å². The average Bonchev–Trinajstić information content (AvgIpc) is 2.42. The van der Waals surface area contributed by atoms with Gasteiger partial charge in [-0.15, -0.1) is 11.8 Å². The van der Waals surface area contributed by atoms with Gasteiger partial charge in [-0.1, -0.05) is 26.0 Å². The fraction of sp³-hybridized carbons (Fsp3) is 0.647. The molecule has 0 amide bonds. The molecule has 0 saturated carbocycles. The molecule has 0 heterocycles. The minimum absolute atomic E-state index is 0.178. The van der Waals surface area contributed by atoms with Gasteiger partial charge in [0, 0.05) is 29.3 Å². The van der Waals surface area contributed by atoms with E-state index < -0.39 is 0 Å². The van der Waals surface area contributed by atoms with Crippen molar-refractivity contribution in [1.29, 1.82) is 0 Å². The van der Waals surface area contributed by atoms with Crippen molar-refractivity contribution < 1.29 is 0 Å². The van der Waals surface area contributed by atoms with E-state index in [2.05, 4.69) is 69.1 Å². The molecule has 0 bridgehead atoms. The van der Waals surface area contributed by atoms with Crippen LogP contribution in [0.1, 0.15) is 40.2 Å². The second-order valence-corrected chi connectivity index (χ2v) is 7.29. The molecule has 1 N–H and O–H groups in total. The standard InChI is InChI=1S/C17H30N2S/c1-6-19(7-2)12-13-20-16-10-8-15(9-11-16)14-18-17(3,4)5/h8-11,18H,6-7,12-14H2,1-5H3. The van der Waals surface area contributed by atoms with E-state index >= 15 is 0 Å². The van der Waals surface area contributed by atoms with Gasteiger partial charge < -0.3 is 10.2 Å². The fourth-order valence-corrected chi connectivity index (χ4v) is 2.82. The molecular formula is C17H30N2S. The number of benzene rings is 1. The molecule has 0 saturated heterocycles. The van der Waals surface area contributed by atoms with E-state index in [4.69, 9.17) is 0 Å². The second kappa shape index (κ2) is 8.71. The Bertz CT molecular complexity index is 364. The molecule has 0 aliphatic rings. The van der Waals surface area contributed by atoms with Crippen LogP contribution in [0.25, 0.3) is 0 Å². The molecule has 3 heteroatoms. The van der Waals surface area contributed by atoms with Crippen molar-refractivity contribution >= 4 is 11.8 Å². The van der Waals surface area contributed by atoms with Crippen molar-refractivity contribution in [2.75, 3.05) is 25.4 Å². The van der Waals surface area contributed by atoms with E-state index in [0.717, 1.165) is 19.6 Å². The highest BCUT2D eigenvalue weighted by Gasteiger charge is 2.08. The highest BCUT2D eigenvalue weighted by atomic mass is 32.2. The van der Waals surface area contributed by atoms with Crippen LogP contribution in [0.4, 0.5) is 0 Å². The molecule has 0 spiro atoms. The summed E-state index contributed by atoms with van der Waals surface area (Å²) < 4.78 is 0. The minimum Gasteiger partial charge on any atom is -0.308 e. The minimum atomic E-state index is 0.178. The maximum Gasteiger partial charge on any atom is 0.0210 e. The van der Waals surface area contributed by atoms with E-state index in [9.17, 15) is 0 Å². The first kappa shape index (κ1) is 17.5. The number of rotatable bonds is 8. The summed E-state index contributed by atoms with van der Waals surface area (Å²) >= 11 is 1.95. The summed E-state index contributed by atoms with van der Waals surface area (Å²) in [5.41, 5.74) is 1.53. The summed E-state index contributed by atoms with van der Waals surface area (Å²) in [4.78, 5) is 3.84. The van der Waals surface area contributed by atoms with E-state index in [0.29, 0.717) is 0 Å². The van der Waals surface area contributed by atoms with Crippen molar-refractivity contribution in [3.63, 3.8) is 0 Å². The predicted molar refractivity (Wildman–Crippen MR) is 91.5 cm³/mol. The van der Waals surface area contributed by atoms with Crippen LogP contribution in [0.15, 0.2) is 29.2 Å². The zero-order valence-corrected chi connectivity index (χ0v) is 14.5. The smallest absolute Gasteiger partial charge is 0.0210 e. The molecule has 0 unspecified atom stereocenters. The van der Waals surface area contributed by atoms with Crippen molar-refractivity contribution in [2.24, 2.45) is 0 Å². The van der Waals surface area contributed by atoms with Crippen LogP contribution in [0, 0.1) is 0 Å². The monoisotopic (exact) mass is 294 g/mol. The number of hydrogen-bond acceptors (Lipinski definition) is 3. The number of nitrogens with one attached hydrogen (secondary N) is 1. The van der Waals surface area contributed by atoms with Gasteiger partial charge >= 0.3 is 0 Å². The number of thioether (sulfide) groups is 1. The van der Waals surface area contributed by atoms with Gasteiger partial charge in [0.25, 0.3) is 0 Å². The summed E-state index contributed by atoms with van der Waals surface area (Å²) in [5, 5.41) is 3.52. The topological polar surface area (TPSA) is 15.3 Å². The molecular weight excluding hydrogens is 264 g/mol. The van der Waals surface area contributed by atoms with Crippen molar-refractivity contribution in [1.82, 2.24) is 10.2 Å². The predicted octanol–water partition coefficient (Wildman–Crippen LogP) is 4.01. The summed E-state index contributed by atoms with van der Waals surface area (Å²) in [5.74, 6) is 1.17. The maximum atomic E-state index is 3.52. The Labute approximate surface area is 129 Å². The van der Waals surface area contributed by atoms with Gasteiger partial charge in [-0.2, -0.15) is 0 Å². The van der Waals surface area contributed by atoms with E-state index in [1.165, 1.54) is 22.8 Å². The van der Waals surface area contributed by atoms with Crippen LogP contribution in [0.2, 0.25) is 0 Å². The lowest BCUT2D eigenvalue weighted by Crippen LogP contribution is -2.35. The molecule has 114 valence electrons. The van der Waals surface area contributed by atoms with Crippen LogP contribution in [-0.2, 0) is 6.54 Å². The highest BCUT2D eigenvalue weighted by molar-refractivity contribution is 7.99. The fourth-order valence-electron chi connectivity index (χ4n) is 1.90. The Balaban J connectivity index is 2.35. The molecule has 0 radical (unpaired) electrons. The van der Waals surface area contributed by atoms with Gasteiger partial charge in [-0.25, -0.2) is 0 Å². The van der Waals surface area contributed by atoms with E-state index in [1.807, 2.05) is 11.8 Å². The molecule has 1 rings (SSSR count). The summed E-state index contributed by atoms with van der Waals surface area (Å²) in [6.07, 6.45) is 0. The first-order chi connectivity index (χ1) is 9.44. The van der Waals surface area contributed by atoms with Gasteiger partial charge in [0.2, 0.25) is 0 Å².